The molecule has 0 bridgehead atoms. The van der Waals surface area contributed by atoms with Crippen LogP contribution in [-0.2, 0) is 0 Å². The fraction of sp³-hybridized carbons (Fsp3) is 0. The van der Waals surface area contributed by atoms with E-state index < -0.39 is 54.4 Å². The first-order valence-corrected chi connectivity index (χ1v) is 16.1. The van der Waals surface area contributed by atoms with E-state index in [0.29, 0.717) is 31.5 Å². The summed E-state index contributed by atoms with van der Waals surface area (Å²) in [5.41, 5.74) is 1.42. The Morgan fingerprint density at radius 1 is 0.440 bits per heavy atom. The fourth-order valence-electron chi connectivity index (χ4n) is 6.10. The molecule has 0 radical (unpaired) electrons. The van der Waals surface area contributed by atoms with E-state index in [2.05, 4.69) is 4.98 Å². The molecule has 0 unspecified atom stereocenters. The van der Waals surface area contributed by atoms with E-state index in [0.717, 1.165) is 6.07 Å². The van der Waals surface area contributed by atoms with Gasteiger partial charge in [-0.3, -0.25) is 0 Å². The molecule has 0 aliphatic heterocycles. The number of aromatic nitrogens is 4. The number of thiophene rings is 1. The third-order valence-electron chi connectivity index (χ3n) is 8.32. The molecule has 3 heterocycles. The number of hydrogen-bond donors (Lipinski definition) is 0. The average Bonchev–Trinajstić information content (AvgIpc) is 3.90. The van der Waals surface area contributed by atoms with E-state index in [9.17, 15) is 0 Å². The van der Waals surface area contributed by atoms with E-state index in [1.165, 1.54) is 28.0 Å². The van der Waals surface area contributed by atoms with Crippen molar-refractivity contribution in [3.63, 3.8) is 0 Å². The zero-order valence-electron chi connectivity index (χ0n) is 42.5. The van der Waals surface area contributed by atoms with Gasteiger partial charge < -0.3 is 4.57 Å². The Morgan fingerprint density at radius 3 is 1.94 bits per heavy atom. The third-order valence-corrected chi connectivity index (χ3v) is 9.47. The summed E-state index contributed by atoms with van der Waals surface area (Å²) in [5.74, 6) is -0.447. The number of benzene rings is 7. The Kier molecular flexibility index (Phi) is 3.79. The van der Waals surface area contributed by atoms with Gasteiger partial charge >= 0.3 is 0 Å². The van der Waals surface area contributed by atoms with Gasteiger partial charge in [0.15, 0.2) is 17.5 Å². The summed E-state index contributed by atoms with van der Waals surface area (Å²) < 4.78 is 149. The maximum Gasteiger partial charge on any atom is 0.166 e. The largest absolute Gasteiger partial charge is 0.309 e. The van der Waals surface area contributed by atoms with Crippen LogP contribution in [0.15, 0.2) is 169 Å². The van der Waals surface area contributed by atoms with Crippen LogP contribution in [0.5, 0.6) is 0 Å². The molecule has 0 atom stereocenters. The second-order valence-corrected chi connectivity index (χ2v) is 12.2. The van der Waals surface area contributed by atoms with Crippen molar-refractivity contribution in [1.82, 2.24) is 19.5 Å². The molecule has 0 saturated heterocycles. The van der Waals surface area contributed by atoms with Crippen molar-refractivity contribution in [3.8, 4) is 51.0 Å². The molecule has 4 nitrogen and oxygen atoms in total. The molecule has 0 aliphatic carbocycles. The Bertz CT molecular complexity index is 3820. The van der Waals surface area contributed by atoms with E-state index >= 15 is 0 Å². The summed E-state index contributed by atoms with van der Waals surface area (Å²) in [6.45, 7) is 0. The fourth-order valence-corrected chi connectivity index (χ4v) is 7.21. The third kappa shape index (κ3) is 4.63. The van der Waals surface area contributed by atoms with Gasteiger partial charge in [-0.25, -0.2) is 15.0 Å². The van der Waals surface area contributed by atoms with Gasteiger partial charge in [0.1, 0.15) is 0 Å². The minimum Gasteiger partial charge on any atom is -0.309 e. The zero-order valence-corrected chi connectivity index (χ0v) is 26.4. The minimum atomic E-state index is -0.638. The second kappa shape index (κ2) is 11.6. The lowest BCUT2D eigenvalue weighted by molar-refractivity contribution is 1.06. The van der Waals surface area contributed by atoms with Crippen molar-refractivity contribution in [2.75, 3.05) is 0 Å². The number of rotatable bonds is 5. The Labute approximate surface area is 316 Å². The van der Waals surface area contributed by atoms with Crippen LogP contribution in [0.2, 0.25) is 0 Å². The predicted molar refractivity (Wildman–Crippen MR) is 209 cm³/mol. The van der Waals surface area contributed by atoms with Crippen LogP contribution >= 0.6 is 11.3 Å². The molecule has 0 amide bonds. The lowest BCUT2D eigenvalue weighted by atomic mass is 10.0. The maximum absolute atomic E-state index is 9.06. The number of hydrogen-bond acceptors (Lipinski definition) is 4. The molecule has 50 heavy (non-hydrogen) atoms. The molecule has 0 saturated carbocycles. The van der Waals surface area contributed by atoms with Gasteiger partial charge in [-0.1, -0.05) is 139 Å². The van der Waals surface area contributed by atoms with Crippen molar-refractivity contribution in [2.24, 2.45) is 0 Å². The molecular weight excluding hydrogens is 629 g/mol. The summed E-state index contributed by atoms with van der Waals surface area (Å²) in [5, 5.41) is 0.423. The minimum absolute atomic E-state index is 0.00576. The predicted octanol–water partition coefficient (Wildman–Crippen LogP) is 12.0. The summed E-state index contributed by atoms with van der Waals surface area (Å²) in [6, 6.07) is 10.4. The summed E-state index contributed by atoms with van der Waals surface area (Å²) in [4.78, 5) is 14.2. The van der Waals surface area contributed by atoms with Crippen molar-refractivity contribution in [1.29, 1.82) is 0 Å². The summed E-state index contributed by atoms with van der Waals surface area (Å²) >= 11 is 1.19. The van der Waals surface area contributed by atoms with Gasteiger partial charge in [-0.15, -0.1) is 11.3 Å². The van der Waals surface area contributed by atoms with Crippen LogP contribution in [0.3, 0.4) is 0 Å². The van der Waals surface area contributed by atoms with E-state index in [-0.39, 0.29) is 110 Å². The zero-order chi connectivity index (χ0) is 47.8. The Hall–Kier alpha value is -6.43. The van der Waals surface area contributed by atoms with Crippen molar-refractivity contribution < 1.29 is 23.3 Å². The second-order valence-electron chi connectivity index (χ2n) is 11.1. The number of nitrogens with zero attached hydrogens (tertiary/aromatic N) is 4. The molecule has 10 rings (SSSR count). The van der Waals surface area contributed by atoms with Crippen molar-refractivity contribution in [2.45, 2.75) is 0 Å². The highest BCUT2D eigenvalue weighted by Crippen LogP contribution is 2.40. The molecule has 10 aromatic rings. The smallest absolute Gasteiger partial charge is 0.166 e. The van der Waals surface area contributed by atoms with Gasteiger partial charge in [0.2, 0.25) is 0 Å². The van der Waals surface area contributed by atoms with Crippen LogP contribution in [0.25, 0.3) is 93.0 Å². The maximum atomic E-state index is 9.06. The number of fused-ring (bicyclic) bond motifs is 6. The van der Waals surface area contributed by atoms with E-state index in [1.54, 1.807) is 48.5 Å². The first-order valence-electron chi connectivity index (χ1n) is 23.8. The van der Waals surface area contributed by atoms with E-state index in [4.69, 9.17) is 33.3 Å². The van der Waals surface area contributed by atoms with Crippen LogP contribution in [0.4, 0.5) is 0 Å². The number of para-hydroxylation sites is 3. The van der Waals surface area contributed by atoms with Gasteiger partial charge in [0.05, 0.1) is 40.0 Å². The quantitative estimate of drug-likeness (QED) is 0.183. The van der Waals surface area contributed by atoms with Gasteiger partial charge in [-0.2, -0.15) is 0 Å². The first kappa shape index (κ1) is 16.3. The average molecular weight is 674 g/mol. The van der Waals surface area contributed by atoms with Crippen LogP contribution in [0, 0.1) is 0 Å². The molecule has 7 aromatic carbocycles. The molecule has 0 spiro atoms. The molecule has 3 aromatic heterocycles. The highest BCUT2D eigenvalue weighted by Gasteiger charge is 2.19. The van der Waals surface area contributed by atoms with Crippen molar-refractivity contribution in [3.05, 3.63) is 169 Å². The normalized spacial score (nSPS) is 16.4. The molecule has 234 valence electrons. The molecule has 0 N–H and O–H groups in total. The summed E-state index contributed by atoms with van der Waals surface area (Å²) in [7, 11) is 0. The van der Waals surface area contributed by atoms with Crippen LogP contribution in [-0.4, -0.2) is 19.5 Å². The van der Waals surface area contributed by atoms with E-state index in [1.807, 2.05) is 0 Å². The molecule has 0 fully saturated rings. The lowest BCUT2D eigenvalue weighted by Crippen LogP contribution is -2.03. The molecule has 5 heteroatoms. The van der Waals surface area contributed by atoms with Gasteiger partial charge in [-0.05, 0) is 41.4 Å². The monoisotopic (exact) mass is 673 g/mol. The molecule has 0 aliphatic rings. The molecular formula is C45H28N4S. The van der Waals surface area contributed by atoms with Crippen LogP contribution < -0.4 is 0 Å². The Morgan fingerprint density at radius 2 is 1.08 bits per heavy atom. The SMILES string of the molecule is [2H]c1cc([2H])c2sc3c(-c4ccc(-c5nc(-c6ccccc6-n6c7c([2H])cc([2H])c([2H])c7c7c([2H])c([2H])c([2H])c([2H])c76)nc(-c6c([2H])c([2H])c([2H])c([2H])c6[2H])n5)cc4)cc([2H])c([2H])c3c2c1[2H]. The highest BCUT2D eigenvalue weighted by atomic mass is 32.1. The standard InChI is InChI=1S/C45H28N4S/c1-2-13-30(14-3-1)43-46-44(31-27-25-29(26-28-31)32-19-12-20-36-35-17-7-11-24-41(35)50-42(32)36)48-45(47-43)37-18-6-10-23-40(37)49-38-21-8-4-15-33(38)34-16-5-9-22-39(34)49/h1-28H/i1D,2D,3D,4D,5D,7D,8D,12D,13D,14D,15D,16D,17D,20D,21D,22D,24D. The first-order chi connectivity index (χ1) is 31.8. The lowest BCUT2D eigenvalue weighted by Gasteiger charge is -2.14. The van der Waals surface area contributed by atoms with Crippen molar-refractivity contribution >= 4 is 53.3 Å². The van der Waals surface area contributed by atoms with Crippen LogP contribution in [0.1, 0.15) is 23.3 Å². The van der Waals surface area contributed by atoms with Gasteiger partial charge in [0, 0.05) is 47.6 Å². The Balaban J connectivity index is 1.23. The highest BCUT2D eigenvalue weighted by molar-refractivity contribution is 7.26. The topological polar surface area (TPSA) is 43.6 Å². The van der Waals surface area contributed by atoms with Gasteiger partial charge in [0.25, 0.3) is 0 Å². The summed E-state index contributed by atoms with van der Waals surface area (Å²) in [6.07, 6.45) is 0.